The monoisotopic (exact) mass is 513 g/mol. The molecule has 0 radical (unpaired) electrons. The smallest absolute Gasteiger partial charge is 0.247 e. The van der Waals surface area contributed by atoms with Gasteiger partial charge in [-0.2, -0.15) is 4.31 Å². The Bertz CT molecular complexity index is 1210. The number of halogens is 2. The molecule has 1 aliphatic heterocycles. The number of piperazine rings is 1. The molecular formula is C21H21Cl2N3O4S2. The van der Waals surface area contributed by atoms with E-state index in [0.717, 1.165) is 16.4 Å². The van der Waals surface area contributed by atoms with E-state index >= 15 is 0 Å². The van der Waals surface area contributed by atoms with Crippen molar-refractivity contribution in [1.29, 1.82) is 0 Å². The third-order valence-electron chi connectivity index (χ3n) is 5.15. The molecule has 0 N–H and O–H groups in total. The molecule has 0 amide bonds. The van der Waals surface area contributed by atoms with Crippen molar-refractivity contribution in [3.8, 4) is 22.8 Å². The molecule has 0 spiro atoms. The van der Waals surface area contributed by atoms with Gasteiger partial charge in [-0.3, -0.25) is 0 Å². The summed E-state index contributed by atoms with van der Waals surface area (Å²) in [5.74, 6) is 0.748. The lowest BCUT2D eigenvalue weighted by Crippen LogP contribution is -2.48. The Labute approximate surface area is 201 Å². The molecule has 0 aliphatic carbocycles. The molecule has 32 heavy (non-hydrogen) atoms. The van der Waals surface area contributed by atoms with Crippen LogP contribution in [-0.4, -0.2) is 58.1 Å². The average molecular weight is 514 g/mol. The van der Waals surface area contributed by atoms with E-state index in [-0.39, 0.29) is 10.6 Å². The van der Waals surface area contributed by atoms with Gasteiger partial charge in [0.1, 0.15) is 16.4 Å². The minimum atomic E-state index is -3.73. The third kappa shape index (κ3) is 4.67. The number of thiazole rings is 1. The highest BCUT2D eigenvalue weighted by Gasteiger charge is 2.32. The maximum Gasteiger partial charge on any atom is 0.247 e. The maximum absolute atomic E-state index is 13.3. The molecule has 4 rings (SSSR count). The largest absolute Gasteiger partial charge is 0.497 e. The van der Waals surface area contributed by atoms with E-state index in [0.29, 0.717) is 42.0 Å². The lowest BCUT2D eigenvalue weighted by atomic mass is 10.2. The van der Waals surface area contributed by atoms with Crippen LogP contribution in [0.3, 0.4) is 0 Å². The van der Waals surface area contributed by atoms with Crippen LogP contribution in [0, 0.1) is 0 Å². The van der Waals surface area contributed by atoms with Crippen molar-refractivity contribution in [3.63, 3.8) is 0 Å². The summed E-state index contributed by atoms with van der Waals surface area (Å²) < 4.78 is 38.5. The third-order valence-corrected chi connectivity index (χ3v) is 8.41. The Hall–Kier alpha value is -2.04. The predicted molar refractivity (Wildman–Crippen MR) is 128 cm³/mol. The summed E-state index contributed by atoms with van der Waals surface area (Å²) in [4.78, 5) is 6.88. The van der Waals surface area contributed by atoms with Crippen LogP contribution in [-0.2, 0) is 10.0 Å². The zero-order valence-corrected chi connectivity index (χ0v) is 20.6. The molecule has 1 fully saturated rings. The number of rotatable bonds is 6. The van der Waals surface area contributed by atoms with E-state index < -0.39 is 10.0 Å². The molecule has 1 aromatic heterocycles. The Kier molecular flexibility index (Phi) is 6.83. The average Bonchev–Trinajstić information content (AvgIpc) is 3.28. The lowest BCUT2D eigenvalue weighted by molar-refractivity contribution is 0.370. The highest BCUT2D eigenvalue weighted by Crippen LogP contribution is 2.33. The van der Waals surface area contributed by atoms with Crippen molar-refractivity contribution < 1.29 is 17.9 Å². The first kappa shape index (κ1) is 23.1. The van der Waals surface area contributed by atoms with Crippen molar-refractivity contribution >= 4 is 49.7 Å². The predicted octanol–water partition coefficient (Wildman–Crippen LogP) is 4.65. The van der Waals surface area contributed by atoms with Gasteiger partial charge in [0.05, 0.1) is 19.9 Å². The number of methoxy groups -OCH3 is 2. The van der Waals surface area contributed by atoms with Crippen molar-refractivity contribution in [2.75, 3.05) is 45.3 Å². The number of hydrogen-bond donors (Lipinski definition) is 0. The fourth-order valence-corrected chi connectivity index (χ4v) is 6.50. The van der Waals surface area contributed by atoms with E-state index in [1.165, 1.54) is 35.9 Å². The van der Waals surface area contributed by atoms with E-state index in [1.54, 1.807) is 18.2 Å². The van der Waals surface area contributed by atoms with Gasteiger partial charge in [0.2, 0.25) is 10.0 Å². The molecular weight excluding hydrogens is 493 g/mol. The fraction of sp³-hybridized carbons (Fsp3) is 0.286. The summed E-state index contributed by atoms with van der Waals surface area (Å²) >= 11 is 13.7. The van der Waals surface area contributed by atoms with Gasteiger partial charge in [-0.25, -0.2) is 13.4 Å². The van der Waals surface area contributed by atoms with Gasteiger partial charge < -0.3 is 14.4 Å². The summed E-state index contributed by atoms with van der Waals surface area (Å²) in [5, 5.41) is 3.87. The minimum Gasteiger partial charge on any atom is -0.497 e. The van der Waals surface area contributed by atoms with Gasteiger partial charge in [0.15, 0.2) is 5.13 Å². The number of aromatic nitrogens is 1. The summed E-state index contributed by atoms with van der Waals surface area (Å²) in [6.07, 6.45) is 0. The molecule has 11 heteroatoms. The van der Waals surface area contributed by atoms with Gasteiger partial charge >= 0.3 is 0 Å². The van der Waals surface area contributed by atoms with Gasteiger partial charge in [-0.1, -0.05) is 23.2 Å². The topological polar surface area (TPSA) is 72.0 Å². The zero-order valence-electron chi connectivity index (χ0n) is 17.4. The van der Waals surface area contributed by atoms with Crippen molar-refractivity contribution in [2.45, 2.75) is 4.90 Å². The van der Waals surface area contributed by atoms with Gasteiger partial charge in [0, 0.05) is 53.2 Å². The molecule has 0 atom stereocenters. The first-order valence-corrected chi connectivity index (χ1v) is 12.8. The number of anilines is 1. The van der Waals surface area contributed by atoms with Crippen molar-refractivity contribution in [2.24, 2.45) is 0 Å². The van der Waals surface area contributed by atoms with Crippen LogP contribution in [0.4, 0.5) is 5.13 Å². The highest BCUT2D eigenvalue weighted by atomic mass is 35.5. The Morgan fingerprint density at radius 3 is 2.28 bits per heavy atom. The number of benzene rings is 2. The van der Waals surface area contributed by atoms with E-state index in [2.05, 4.69) is 4.90 Å². The van der Waals surface area contributed by atoms with Crippen LogP contribution in [0.5, 0.6) is 11.5 Å². The lowest BCUT2D eigenvalue weighted by Gasteiger charge is -2.34. The number of ether oxygens (including phenoxy) is 2. The summed E-state index contributed by atoms with van der Waals surface area (Å²) in [6, 6.07) is 10.1. The summed E-state index contributed by atoms with van der Waals surface area (Å²) in [5.41, 5.74) is 1.63. The Morgan fingerprint density at radius 2 is 1.66 bits per heavy atom. The fourth-order valence-electron chi connectivity index (χ4n) is 3.49. The molecule has 170 valence electrons. The molecule has 0 unspecified atom stereocenters. The van der Waals surface area contributed by atoms with E-state index in [4.69, 9.17) is 37.7 Å². The molecule has 7 nitrogen and oxygen atoms in total. The Balaban J connectivity index is 1.50. The number of hydrogen-bond acceptors (Lipinski definition) is 7. The number of nitrogens with zero attached hydrogens (tertiary/aromatic N) is 3. The number of sulfonamides is 1. The minimum absolute atomic E-state index is 0.0992. The van der Waals surface area contributed by atoms with Gasteiger partial charge in [-0.05, 0) is 30.3 Å². The molecule has 1 saturated heterocycles. The van der Waals surface area contributed by atoms with Gasteiger partial charge in [0.25, 0.3) is 0 Å². The molecule has 0 bridgehead atoms. The van der Waals surface area contributed by atoms with Crippen LogP contribution < -0.4 is 14.4 Å². The van der Waals surface area contributed by atoms with Gasteiger partial charge in [-0.15, -0.1) is 11.3 Å². The second-order valence-corrected chi connectivity index (χ2v) is 10.7. The first-order chi connectivity index (χ1) is 15.3. The van der Waals surface area contributed by atoms with Crippen LogP contribution in [0.25, 0.3) is 11.3 Å². The maximum atomic E-state index is 13.3. The molecule has 2 aromatic carbocycles. The van der Waals surface area contributed by atoms with Crippen molar-refractivity contribution in [1.82, 2.24) is 9.29 Å². The van der Waals surface area contributed by atoms with E-state index in [9.17, 15) is 8.42 Å². The second kappa shape index (κ2) is 9.44. The SMILES string of the molecule is COc1ccc(OC)c(S(=O)(=O)N2CCN(c3nc(-c4cc(Cl)cc(Cl)c4)cs3)CC2)c1. The summed E-state index contributed by atoms with van der Waals surface area (Å²) in [6.45, 7) is 1.71. The standard InChI is InChI=1S/C21H21Cl2N3O4S2/c1-29-17-3-4-19(30-2)20(12-17)32(27,28)26-7-5-25(6-8-26)21-24-18(13-31-21)14-9-15(22)11-16(23)10-14/h3-4,9-13H,5-8H2,1-2H3. The second-order valence-electron chi connectivity index (χ2n) is 7.08. The van der Waals surface area contributed by atoms with Crippen molar-refractivity contribution in [3.05, 3.63) is 51.8 Å². The normalized spacial score (nSPS) is 15.1. The van der Waals surface area contributed by atoms with Crippen LogP contribution in [0.15, 0.2) is 46.7 Å². The molecule has 2 heterocycles. The highest BCUT2D eigenvalue weighted by molar-refractivity contribution is 7.89. The molecule has 1 aliphatic rings. The van der Waals surface area contributed by atoms with Crippen LogP contribution >= 0.6 is 34.5 Å². The molecule has 3 aromatic rings. The Morgan fingerprint density at radius 1 is 0.969 bits per heavy atom. The first-order valence-electron chi connectivity index (χ1n) is 9.71. The van der Waals surface area contributed by atoms with Crippen LogP contribution in [0.1, 0.15) is 0 Å². The zero-order chi connectivity index (χ0) is 22.9. The van der Waals surface area contributed by atoms with E-state index in [1.807, 2.05) is 17.5 Å². The quantitative estimate of drug-likeness (QED) is 0.477. The summed E-state index contributed by atoms with van der Waals surface area (Å²) in [7, 11) is -0.788. The van der Waals surface area contributed by atoms with Crippen LogP contribution in [0.2, 0.25) is 10.0 Å². The molecule has 0 saturated carbocycles.